The number of aromatic nitrogens is 1. The number of carbonyl (C=O) groups excluding carboxylic acids is 1. The van der Waals surface area contributed by atoms with E-state index in [-0.39, 0.29) is 5.91 Å². The van der Waals surface area contributed by atoms with Crippen molar-refractivity contribution in [2.45, 2.75) is 0 Å². The van der Waals surface area contributed by atoms with E-state index >= 15 is 0 Å². The fourth-order valence-corrected chi connectivity index (χ4v) is 1.69. The second-order valence-corrected chi connectivity index (χ2v) is 3.99. The van der Waals surface area contributed by atoms with Gasteiger partial charge in [-0.05, 0) is 24.3 Å². The summed E-state index contributed by atoms with van der Waals surface area (Å²) < 4.78 is 10.3. The zero-order valence-corrected chi connectivity index (χ0v) is 11.2. The van der Waals surface area contributed by atoms with Gasteiger partial charge in [0, 0.05) is 11.8 Å². The second kappa shape index (κ2) is 5.92. The molecule has 0 atom stereocenters. The van der Waals surface area contributed by atoms with Crippen LogP contribution in [0.5, 0.6) is 11.5 Å². The van der Waals surface area contributed by atoms with Gasteiger partial charge >= 0.3 is 0 Å². The molecule has 0 saturated heterocycles. The first-order valence-corrected chi connectivity index (χ1v) is 5.88. The maximum absolute atomic E-state index is 12.2. The molecular formula is C14H15N3O3. The van der Waals surface area contributed by atoms with E-state index in [4.69, 9.17) is 15.2 Å². The van der Waals surface area contributed by atoms with Gasteiger partial charge < -0.3 is 20.5 Å². The van der Waals surface area contributed by atoms with E-state index in [1.165, 1.54) is 20.4 Å². The summed E-state index contributed by atoms with van der Waals surface area (Å²) >= 11 is 0. The third-order valence-corrected chi connectivity index (χ3v) is 2.75. The molecule has 0 aliphatic carbocycles. The highest BCUT2D eigenvalue weighted by atomic mass is 16.5. The Bertz CT molecular complexity index is 629. The predicted octanol–water partition coefficient (Wildman–Crippen LogP) is 1.93. The lowest BCUT2D eigenvalue weighted by atomic mass is 10.2. The standard InChI is InChI=1S/C14H15N3O3/c1-19-12-4-3-9(7-13(12)20-2)14(18)17-11-5-6-16-8-10(11)15/h3-8H,15H2,1-2H3,(H,16,17,18). The highest BCUT2D eigenvalue weighted by Gasteiger charge is 2.11. The van der Waals surface area contributed by atoms with E-state index in [9.17, 15) is 4.79 Å². The summed E-state index contributed by atoms with van der Waals surface area (Å²) in [6.07, 6.45) is 3.03. The normalized spacial score (nSPS) is 9.90. The van der Waals surface area contributed by atoms with Crippen LogP contribution < -0.4 is 20.5 Å². The Morgan fingerprint density at radius 2 is 1.95 bits per heavy atom. The van der Waals surface area contributed by atoms with E-state index in [2.05, 4.69) is 10.3 Å². The maximum Gasteiger partial charge on any atom is 0.255 e. The van der Waals surface area contributed by atoms with Crippen molar-refractivity contribution >= 4 is 17.3 Å². The zero-order valence-electron chi connectivity index (χ0n) is 11.2. The highest BCUT2D eigenvalue weighted by molar-refractivity contribution is 6.06. The molecule has 2 rings (SSSR count). The predicted molar refractivity (Wildman–Crippen MR) is 76.1 cm³/mol. The van der Waals surface area contributed by atoms with Crippen LogP contribution >= 0.6 is 0 Å². The number of nitrogens with two attached hydrogens (primary N) is 1. The third kappa shape index (κ3) is 2.80. The molecular weight excluding hydrogens is 258 g/mol. The lowest BCUT2D eigenvalue weighted by Gasteiger charge is -2.10. The third-order valence-electron chi connectivity index (χ3n) is 2.75. The lowest BCUT2D eigenvalue weighted by molar-refractivity contribution is 0.102. The van der Waals surface area contributed by atoms with Gasteiger partial charge in [0.1, 0.15) is 0 Å². The van der Waals surface area contributed by atoms with Crippen LogP contribution in [0.2, 0.25) is 0 Å². The van der Waals surface area contributed by atoms with Gasteiger partial charge in [0.15, 0.2) is 11.5 Å². The number of pyridine rings is 1. The van der Waals surface area contributed by atoms with Crippen molar-refractivity contribution in [1.82, 2.24) is 4.98 Å². The van der Waals surface area contributed by atoms with Crippen LogP contribution in [0.3, 0.4) is 0 Å². The number of amides is 1. The molecule has 104 valence electrons. The summed E-state index contributed by atoms with van der Waals surface area (Å²) in [5.41, 5.74) is 7.09. The van der Waals surface area contributed by atoms with Crippen molar-refractivity contribution in [3.63, 3.8) is 0 Å². The molecule has 0 aliphatic heterocycles. The zero-order chi connectivity index (χ0) is 14.5. The van der Waals surface area contributed by atoms with Crippen LogP contribution in [0.15, 0.2) is 36.7 Å². The average Bonchev–Trinajstić information content (AvgIpc) is 2.48. The monoisotopic (exact) mass is 273 g/mol. The summed E-state index contributed by atoms with van der Waals surface area (Å²) in [7, 11) is 3.05. The van der Waals surface area contributed by atoms with Crippen molar-refractivity contribution < 1.29 is 14.3 Å². The molecule has 3 N–H and O–H groups in total. The quantitative estimate of drug-likeness (QED) is 0.889. The number of hydrogen-bond donors (Lipinski definition) is 2. The number of anilines is 2. The molecule has 0 aliphatic rings. The average molecular weight is 273 g/mol. The smallest absolute Gasteiger partial charge is 0.255 e. The van der Waals surface area contributed by atoms with Crippen molar-refractivity contribution in [3.8, 4) is 11.5 Å². The number of nitrogen functional groups attached to an aromatic ring is 1. The van der Waals surface area contributed by atoms with Gasteiger partial charge in [-0.1, -0.05) is 0 Å². The SMILES string of the molecule is COc1ccc(C(=O)Nc2ccncc2N)cc1OC. The van der Waals surface area contributed by atoms with E-state index in [1.807, 2.05) is 0 Å². The Hall–Kier alpha value is -2.76. The van der Waals surface area contributed by atoms with E-state index in [1.54, 1.807) is 30.5 Å². The Morgan fingerprint density at radius 3 is 2.60 bits per heavy atom. The van der Waals surface area contributed by atoms with Crippen LogP contribution in [-0.4, -0.2) is 25.1 Å². The first kappa shape index (κ1) is 13.7. The first-order chi connectivity index (χ1) is 9.65. The molecule has 0 bridgehead atoms. The van der Waals surface area contributed by atoms with Gasteiger partial charge in [0.25, 0.3) is 5.91 Å². The Balaban J connectivity index is 2.24. The van der Waals surface area contributed by atoms with Gasteiger partial charge in [-0.15, -0.1) is 0 Å². The Kier molecular flexibility index (Phi) is 4.05. The van der Waals surface area contributed by atoms with E-state index in [0.717, 1.165) is 0 Å². The van der Waals surface area contributed by atoms with Crippen molar-refractivity contribution in [2.75, 3.05) is 25.3 Å². The van der Waals surface area contributed by atoms with Gasteiger partial charge in [-0.3, -0.25) is 9.78 Å². The molecule has 2 aromatic rings. The van der Waals surface area contributed by atoms with Crippen molar-refractivity contribution in [2.24, 2.45) is 0 Å². The van der Waals surface area contributed by atoms with Gasteiger partial charge in [-0.2, -0.15) is 0 Å². The minimum absolute atomic E-state index is 0.288. The number of hydrogen-bond acceptors (Lipinski definition) is 5. The van der Waals surface area contributed by atoms with Gasteiger partial charge in [-0.25, -0.2) is 0 Å². The van der Waals surface area contributed by atoms with Crippen LogP contribution in [0, 0.1) is 0 Å². The molecule has 6 nitrogen and oxygen atoms in total. The number of nitrogens with zero attached hydrogens (tertiary/aromatic N) is 1. The fraction of sp³-hybridized carbons (Fsp3) is 0.143. The first-order valence-electron chi connectivity index (χ1n) is 5.88. The largest absolute Gasteiger partial charge is 0.493 e. The van der Waals surface area contributed by atoms with Crippen molar-refractivity contribution in [1.29, 1.82) is 0 Å². The molecule has 1 aromatic carbocycles. The molecule has 20 heavy (non-hydrogen) atoms. The fourth-order valence-electron chi connectivity index (χ4n) is 1.69. The molecule has 1 amide bonds. The van der Waals surface area contributed by atoms with Crippen LogP contribution in [0.25, 0.3) is 0 Å². The minimum atomic E-state index is -0.288. The Labute approximate surface area is 116 Å². The summed E-state index contributed by atoms with van der Waals surface area (Å²) in [5.74, 6) is 0.763. The molecule has 1 aromatic heterocycles. The molecule has 0 radical (unpaired) electrons. The molecule has 0 unspecified atom stereocenters. The maximum atomic E-state index is 12.2. The van der Waals surface area contributed by atoms with Crippen LogP contribution in [0.1, 0.15) is 10.4 Å². The van der Waals surface area contributed by atoms with E-state index < -0.39 is 0 Å². The summed E-state index contributed by atoms with van der Waals surface area (Å²) in [4.78, 5) is 16.0. The minimum Gasteiger partial charge on any atom is -0.493 e. The van der Waals surface area contributed by atoms with Crippen LogP contribution in [0.4, 0.5) is 11.4 Å². The van der Waals surface area contributed by atoms with Gasteiger partial charge in [0.2, 0.25) is 0 Å². The number of ether oxygens (including phenoxy) is 2. The lowest BCUT2D eigenvalue weighted by Crippen LogP contribution is -2.13. The number of rotatable bonds is 4. The van der Waals surface area contributed by atoms with E-state index in [0.29, 0.717) is 28.4 Å². The van der Waals surface area contributed by atoms with Gasteiger partial charge in [0.05, 0.1) is 31.8 Å². The molecule has 6 heteroatoms. The number of carbonyl (C=O) groups is 1. The van der Waals surface area contributed by atoms with Crippen molar-refractivity contribution in [3.05, 3.63) is 42.2 Å². The number of benzene rings is 1. The number of methoxy groups -OCH3 is 2. The summed E-state index contributed by atoms with van der Waals surface area (Å²) in [5, 5.41) is 2.71. The summed E-state index contributed by atoms with van der Waals surface area (Å²) in [6.45, 7) is 0. The summed E-state index contributed by atoms with van der Waals surface area (Å²) in [6, 6.07) is 6.55. The molecule has 0 spiro atoms. The second-order valence-electron chi connectivity index (χ2n) is 3.99. The molecule has 0 fully saturated rings. The highest BCUT2D eigenvalue weighted by Crippen LogP contribution is 2.28. The molecule has 1 heterocycles. The molecule has 0 saturated carbocycles. The topological polar surface area (TPSA) is 86.5 Å². The van der Waals surface area contributed by atoms with Crippen LogP contribution in [-0.2, 0) is 0 Å². The number of nitrogens with one attached hydrogen (secondary N) is 1. The Morgan fingerprint density at radius 1 is 1.20 bits per heavy atom.